The molecule has 0 bridgehead atoms. The van der Waals surface area contributed by atoms with Crippen LogP contribution in [0.5, 0.6) is 11.5 Å². The van der Waals surface area contributed by atoms with Crippen molar-refractivity contribution >= 4 is 17.5 Å². The van der Waals surface area contributed by atoms with E-state index < -0.39 is 0 Å². The summed E-state index contributed by atoms with van der Waals surface area (Å²) in [6, 6.07) is 17.1. The van der Waals surface area contributed by atoms with Gasteiger partial charge in [-0.1, -0.05) is 50.1 Å². The summed E-state index contributed by atoms with van der Waals surface area (Å²) in [4.78, 5) is 20.6. The molecule has 3 aromatic rings. The van der Waals surface area contributed by atoms with Crippen LogP contribution in [0.3, 0.4) is 0 Å². The van der Waals surface area contributed by atoms with Crippen LogP contribution in [0.4, 0.5) is 11.6 Å². The van der Waals surface area contributed by atoms with Crippen LogP contribution in [0.2, 0.25) is 0 Å². The zero-order chi connectivity index (χ0) is 19.6. The maximum atomic E-state index is 12.1. The van der Waals surface area contributed by atoms with Crippen LogP contribution >= 0.6 is 0 Å². The van der Waals surface area contributed by atoms with E-state index in [9.17, 15) is 4.79 Å². The van der Waals surface area contributed by atoms with Crippen molar-refractivity contribution < 1.29 is 9.53 Å². The van der Waals surface area contributed by atoms with Gasteiger partial charge in [-0.15, -0.1) is 0 Å². The first kappa shape index (κ1) is 19.4. The first-order chi connectivity index (χ1) is 13.8. The molecule has 0 spiro atoms. The molecule has 6 nitrogen and oxygen atoms in total. The van der Waals surface area contributed by atoms with Gasteiger partial charge in [0.1, 0.15) is 5.75 Å². The number of anilines is 2. The van der Waals surface area contributed by atoms with Crippen LogP contribution in [-0.2, 0) is 0 Å². The topological polar surface area (TPSA) is 76.1 Å². The Morgan fingerprint density at radius 2 is 1.68 bits per heavy atom. The predicted molar refractivity (Wildman–Crippen MR) is 110 cm³/mol. The summed E-state index contributed by atoms with van der Waals surface area (Å²) in [7, 11) is 0. The van der Waals surface area contributed by atoms with E-state index in [0.717, 1.165) is 30.7 Å². The van der Waals surface area contributed by atoms with Gasteiger partial charge in [0.2, 0.25) is 5.95 Å². The molecule has 0 saturated carbocycles. The number of carbonyl (C=O) groups excluding carboxylic acids is 1. The van der Waals surface area contributed by atoms with Crippen molar-refractivity contribution in [2.24, 2.45) is 0 Å². The predicted octanol–water partition coefficient (Wildman–Crippen LogP) is 4.93. The van der Waals surface area contributed by atoms with Gasteiger partial charge in [0.25, 0.3) is 5.91 Å². The Morgan fingerprint density at radius 3 is 2.43 bits per heavy atom. The van der Waals surface area contributed by atoms with Crippen LogP contribution in [-0.4, -0.2) is 22.4 Å². The van der Waals surface area contributed by atoms with Gasteiger partial charge in [0.15, 0.2) is 5.75 Å². The fourth-order valence-corrected chi connectivity index (χ4v) is 2.58. The Labute approximate surface area is 165 Å². The second-order valence-corrected chi connectivity index (χ2v) is 6.29. The van der Waals surface area contributed by atoms with Gasteiger partial charge in [-0.25, -0.2) is 9.97 Å². The van der Waals surface area contributed by atoms with Crippen LogP contribution in [0.1, 0.15) is 36.5 Å². The minimum Gasteiger partial charge on any atom is -0.455 e. The van der Waals surface area contributed by atoms with Crippen molar-refractivity contribution in [3.63, 3.8) is 0 Å². The fraction of sp³-hybridized carbons (Fsp3) is 0.227. The minimum atomic E-state index is -0.157. The van der Waals surface area contributed by atoms with Crippen LogP contribution in [0.15, 0.2) is 67.0 Å². The molecule has 2 N–H and O–H groups in total. The highest BCUT2D eigenvalue weighted by molar-refractivity contribution is 5.93. The average Bonchev–Trinajstić information content (AvgIpc) is 2.74. The molecule has 3 rings (SSSR count). The molecule has 144 valence electrons. The van der Waals surface area contributed by atoms with Gasteiger partial charge in [0, 0.05) is 18.9 Å². The van der Waals surface area contributed by atoms with E-state index in [1.807, 2.05) is 54.6 Å². The number of nitrogens with zero attached hydrogens (tertiary/aromatic N) is 2. The number of unbranched alkanes of at least 4 members (excludes halogenated alkanes) is 2. The Kier molecular flexibility index (Phi) is 6.95. The number of amides is 1. The monoisotopic (exact) mass is 376 g/mol. The van der Waals surface area contributed by atoms with E-state index in [1.165, 1.54) is 12.4 Å². The molecule has 28 heavy (non-hydrogen) atoms. The van der Waals surface area contributed by atoms with E-state index in [2.05, 4.69) is 27.5 Å². The van der Waals surface area contributed by atoms with E-state index in [-0.39, 0.29) is 5.91 Å². The van der Waals surface area contributed by atoms with E-state index in [4.69, 9.17) is 4.74 Å². The highest BCUT2D eigenvalue weighted by atomic mass is 16.5. The molecule has 1 aromatic heterocycles. The Bertz CT molecular complexity index is 883. The van der Waals surface area contributed by atoms with Crippen LogP contribution in [0, 0.1) is 0 Å². The van der Waals surface area contributed by atoms with Crippen LogP contribution in [0.25, 0.3) is 0 Å². The maximum absolute atomic E-state index is 12.1. The molecule has 0 aliphatic carbocycles. The van der Waals surface area contributed by atoms with Crippen molar-refractivity contribution in [2.75, 3.05) is 11.9 Å². The summed E-state index contributed by atoms with van der Waals surface area (Å²) in [5.41, 5.74) is 1.18. The highest BCUT2D eigenvalue weighted by Gasteiger charge is 2.09. The average molecular weight is 376 g/mol. The minimum absolute atomic E-state index is 0.157. The van der Waals surface area contributed by atoms with Gasteiger partial charge >= 0.3 is 0 Å². The lowest BCUT2D eigenvalue weighted by Crippen LogP contribution is -2.24. The summed E-state index contributed by atoms with van der Waals surface area (Å²) in [5, 5.41) is 6.02. The number of para-hydroxylation sites is 3. The van der Waals surface area contributed by atoms with E-state index >= 15 is 0 Å². The summed E-state index contributed by atoms with van der Waals surface area (Å²) in [6.45, 7) is 2.79. The first-order valence-corrected chi connectivity index (χ1v) is 9.45. The number of hydrogen-bond donors (Lipinski definition) is 2. The lowest BCUT2D eigenvalue weighted by molar-refractivity contribution is 0.0952. The summed E-state index contributed by atoms with van der Waals surface area (Å²) < 4.78 is 5.93. The molecule has 0 aliphatic rings. The molecule has 1 amide bonds. The normalized spacial score (nSPS) is 10.3. The molecule has 0 aliphatic heterocycles. The maximum Gasteiger partial charge on any atom is 0.254 e. The van der Waals surface area contributed by atoms with Gasteiger partial charge in [-0.3, -0.25) is 4.79 Å². The van der Waals surface area contributed by atoms with Crippen molar-refractivity contribution in [3.8, 4) is 11.5 Å². The third kappa shape index (κ3) is 5.54. The third-order valence-electron chi connectivity index (χ3n) is 4.08. The standard InChI is InChI=1S/C22H24N4O2/c1-2-3-9-14-23-21(27)17-15-24-22(25-16-17)26-19-12-7-8-13-20(19)28-18-10-5-4-6-11-18/h4-8,10-13,15-16H,2-3,9,14H2,1H3,(H,23,27)(H,24,25,26). The largest absolute Gasteiger partial charge is 0.455 e. The van der Waals surface area contributed by atoms with Gasteiger partial charge in [0.05, 0.1) is 11.3 Å². The summed E-state index contributed by atoms with van der Waals surface area (Å²) in [6.07, 6.45) is 6.23. The zero-order valence-corrected chi connectivity index (χ0v) is 15.9. The first-order valence-electron chi connectivity index (χ1n) is 9.45. The van der Waals surface area contributed by atoms with Crippen molar-refractivity contribution in [1.82, 2.24) is 15.3 Å². The molecule has 2 aromatic carbocycles. The van der Waals surface area contributed by atoms with Crippen molar-refractivity contribution in [3.05, 3.63) is 72.6 Å². The van der Waals surface area contributed by atoms with E-state index in [1.54, 1.807) is 0 Å². The SMILES string of the molecule is CCCCCNC(=O)c1cnc(Nc2ccccc2Oc2ccccc2)nc1. The number of carbonyl (C=O) groups is 1. The number of nitrogens with one attached hydrogen (secondary N) is 2. The lowest BCUT2D eigenvalue weighted by atomic mass is 10.2. The highest BCUT2D eigenvalue weighted by Crippen LogP contribution is 2.30. The number of aromatic nitrogens is 2. The van der Waals surface area contributed by atoms with Gasteiger partial charge in [-0.05, 0) is 30.7 Å². The number of rotatable bonds is 9. The summed E-state index contributed by atoms with van der Waals surface area (Å²) >= 11 is 0. The van der Waals surface area contributed by atoms with Crippen LogP contribution < -0.4 is 15.4 Å². The third-order valence-corrected chi connectivity index (χ3v) is 4.08. The molecule has 0 fully saturated rings. The number of benzene rings is 2. The zero-order valence-electron chi connectivity index (χ0n) is 15.9. The van der Waals surface area contributed by atoms with Gasteiger partial charge in [-0.2, -0.15) is 0 Å². The molecule has 0 saturated heterocycles. The van der Waals surface area contributed by atoms with Gasteiger partial charge < -0.3 is 15.4 Å². The second kappa shape index (κ2) is 10.1. The smallest absolute Gasteiger partial charge is 0.254 e. The second-order valence-electron chi connectivity index (χ2n) is 6.29. The number of hydrogen-bond acceptors (Lipinski definition) is 5. The Morgan fingerprint density at radius 1 is 0.964 bits per heavy atom. The lowest BCUT2D eigenvalue weighted by Gasteiger charge is -2.12. The Balaban J connectivity index is 1.64. The summed E-state index contributed by atoms with van der Waals surface area (Å²) in [5.74, 6) is 1.64. The van der Waals surface area contributed by atoms with Crippen molar-refractivity contribution in [2.45, 2.75) is 26.2 Å². The van der Waals surface area contributed by atoms with Crippen molar-refractivity contribution in [1.29, 1.82) is 0 Å². The molecule has 0 atom stereocenters. The van der Waals surface area contributed by atoms with E-state index in [0.29, 0.717) is 23.8 Å². The Hall–Kier alpha value is -3.41. The quantitative estimate of drug-likeness (QED) is 0.518. The molecule has 6 heteroatoms. The molecular formula is C22H24N4O2. The fourth-order valence-electron chi connectivity index (χ4n) is 2.58. The molecule has 0 radical (unpaired) electrons. The molecule has 1 heterocycles. The molecular weight excluding hydrogens is 352 g/mol. The molecule has 0 unspecified atom stereocenters. The number of ether oxygens (including phenoxy) is 1.